The molecule has 9 rings (SSSR count). The smallest absolute Gasteiger partial charge is 0.242 e. The fourth-order valence-electron chi connectivity index (χ4n) is 7.11. The number of hydrogen-bond donors (Lipinski definition) is 0. The molecule has 6 aromatic carbocycles. The maximum atomic E-state index is 5.17. The number of rotatable bonds is 4. The number of aromatic nitrogens is 2. The summed E-state index contributed by atoms with van der Waals surface area (Å²) in [5, 5.41) is 2.52. The molecule has 2 nitrogen and oxygen atoms in total. The lowest BCUT2D eigenvalue weighted by Gasteiger charge is -2.15. The third-order valence-electron chi connectivity index (χ3n) is 9.06. The van der Waals surface area contributed by atoms with Gasteiger partial charge in [0, 0.05) is 21.9 Å². The summed E-state index contributed by atoms with van der Waals surface area (Å²) < 4.78 is 2.44. The molecule has 44 heavy (non-hydrogen) atoms. The Kier molecular flexibility index (Phi) is 5.64. The Labute approximate surface area is 257 Å². The predicted octanol–water partition coefficient (Wildman–Crippen LogP) is 8.01. The van der Waals surface area contributed by atoms with Crippen LogP contribution in [-0.4, -0.2) is 16.3 Å². The van der Waals surface area contributed by atoms with E-state index in [2.05, 4.69) is 168 Å². The maximum absolute atomic E-state index is 5.17. The quantitative estimate of drug-likeness (QED) is 0.200. The minimum Gasteiger partial charge on any atom is -0.309 e. The summed E-state index contributed by atoms with van der Waals surface area (Å²) in [5.74, 6) is 0. The second-order valence-electron chi connectivity index (χ2n) is 11.6. The van der Waals surface area contributed by atoms with Crippen LogP contribution in [0.15, 0.2) is 164 Å². The van der Waals surface area contributed by atoms with E-state index in [4.69, 9.17) is 4.98 Å². The van der Waals surface area contributed by atoms with Crippen LogP contribution in [-0.2, 0) is 0 Å². The van der Waals surface area contributed by atoms with Gasteiger partial charge in [-0.2, -0.15) is 0 Å². The van der Waals surface area contributed by atoms with Gasteiger partial charge in [-0.3, -0.25) is 0 Å². The van der Waals surface area contributed by atoms with E-state index < -0.39 is 0 Å². The average Bonchev–Trinajstić information content (AvgIpc) is 3.60. The lowest BCUT2D eigenvalue weighted by molar-refractivity contribution is 1.16. The van der Waals surface area contributed by atoms with Gasteiger partial charge in [-0.15, -0.1) is 0 Å². The van der Waals surface area contributed by atoms with Gasteiger partial charge in [0.15, 0.2) is 0 Å². The molecule has 0 radical (unpaired) electrons. The number of hydrogen-bond acceptors (Lipinski definition) is 1. The van der Waals surface area contributed by atoms with E-state index in [0.29, 0.717) is 0 Å². The number of para-hydroxylation sites is 1. The van der Waals surface area contributed by atoms with Crippen molar-refractivity contribution >= 4 is 44.9 Å². The highest BCUT2D eigenvalue weighted by Gasteiger charge is 2.34. The molecule has 0 amide bonds. The summed E-state index contributed by atoms with van der Waals surface area (Å²) in [5.41, 5.74) is 14.4. The van der Waals surface area contributed by atoms with E-state index in [1.165, 1.54) is 49.3 Å². The molecule has 0 spiro atoms. The van der Waals surface area contributed by atoms with Gasteiger partial charge in [0.05, 0.1) is 28.1 Å². The van der Waals surface area contributed by atoms with Crippen LogP contribution >= 0.6 is 0 Å². The van der Waals surface area contributed by atoms with Gasteiger partial charge in [-0.25, -0.2) is 4.98 Å². The van der Waals surface area contributed by atoms with Crippen molar-refractivity contribution in [2.75, 3.05) is 0 Å². The van der Waals surface area contributed by atoms with Gasteiger partial charge in [-0.1, -0.05) is 150 Å². The predicted molar refractivity (Wildman–Crippen MR) is 186 cm³/mol. The summed E-state index contributed by atoms with van der Waals surface area (Å²) in [6.45, 7) is 0.190. The van der Waals surface area contributed by atoms with Crippen molar-refractivity contribution in [1.29, 1.82) is 0 Å². The first-order chi connectivity index (χ1) is 21.8. The topological polar surface area (TPSA) is 17.8 Å². The summed E-state index contributed by atoms with van der Waals surface area (Å²) in [7, 11) is 0. The Balaban J connectivity index is 1.36. The van der Waals surface area contributed by atoms with Crippen molar-refractivity contribution in [1.82, 2.24) is 9.55 Å². The number of nitrogens with zero attached hydrogens (tertiary/aromatic N) is 2. The van der Waals surface area contributed by atoms with Crippen LogP contribution in [0, 0.1) is 0 Å². The fraction of sp³-hybridized carbons (Fsp3) is 0. The first-order valence-electron chi connectivity index (χ1n) is 15.2. The van der Waals surface area contributed by atoms with Crippen LogP contribution in [0.4, 0.5) is 0 Å². The molecule has 0 fully saturated rings. The van der Waals surface area contributed by atoms with Gasteiger partial charge >= 0.3 is 0 Å². The molecule has 0 aliphatic carbocycles. The molecule has 0 saturated carbocycles. The molecule has 204 valence electrons. The summed E-state index contributed by atoms with van der Waals surface area (Å²) in [6.07, 6.45) is 0. The monoisotopic (exact) mass is 558 g/mol. The molecule has 0 unspecified atom stereocenters. The SMILES string of the molecule is c1ccc(B2c3ccccc3-c3cc4c5ccccc5n(-c5cc(-c6ccccc6)nc(-c6ccccc6)c5)c4cc32)cc1. The average molecular weight is 558 g/mol. The lowest BCUT2D eigenvalue weighted by Crippen LogP contribution is -2.48. The Hall–Kier alpha value is -5.67. The van der Waals surface area contributed by atoms with Crippen molar-refractivity contribution in [3.05, 3.63) is 164 Å². The van der Waals surface area contributed by atoms with Crippen molar-refractivity contribution in [3.63, 3.8) is 0 Å². The molecule has 1 aliphatic rings. The van der Waals surface area contributed by atoms with E-state index in [9.17, 15) is 0 Å². The van der Waals surface area contributed by atoms with Gasteiger partial charge in [0.1, 0.15) is 0 Å². The third-order valence-corrected chi connectivity index (χ3v) is 9.06. The van der Waals surface area contributed by atoms with Crippen LogP contribution in [0.5, 0.6) is 0 Å². The highest BCUT2D eigenvalue weighted by molar-refractivity contribution is 6.99. The summed E-state index contributed by atoms with van der Waals surface area (Å²) >= 11 is 0. The van der Waals surface area contributed by atoms with E-state index in [1.54, 1.807) is 0 Å². The Morgan fingerprint density at radius 1 is 0.432 bits per heavy atom. The molecule has 0 atom stereocenters. The zero-order valence-corrected chi connectivity index (χ0v) is 24.1. The first-order valence-corrected chi connectivity index (χ1v) is 15.2. The molecule has 2 aromatic heterocycles. The van der Waals surface area contributed by atoms with E-state index in [-0.39, 0.29) is 6.71 Å². The molecule has 0 N–H and O–H groups in total. The minimum atomic E-state index is 0.190. The largest absolute Gasteiger partial charge is 0.309 e. The summed E-state index contributed by atoms with van der Waals surface area (Å²) in [4.78, 5) is 5.17. The first kappa shape index (κ1) is 24.9. The maximum Gasteiger partial charge on any atom is 0.242 e. The third kappa shape index (κ3) is 3.87. The molecule has 1 aliphatic heterocycles. The van der Waals surface area contributed by atoms with Crippen molar-refractivity contribution in [2.24, 2.45) is 0 Å². The number of fused-ring (bicyclic) bond motifs is 6. The van der Waals surface area contributed by atoms with E-state index in [0.717, 1.165) is 28.2 Å². The normalized spacial score (nSPS) is 12.0. The van der Waals surface area contributed by atoms with Crippen LogP contribution in [0.1, 0.15) is 0 Å². The van der Waals surface area contributed by atoms with Crippen molar-refractivity contribution in [2.45, 2.75) is 0 Å². The second-order valence-corrected chi connectivity index (χ2v) is 11.6. The highest BCUT2D eigenvalue weighted by Crippen LogP contribution is 2.37. The zero-order chi connectivity index (χ0) is 29.0. The molecule has 0 saturated heterocycles. The van der Waals surface area contributed by atoms with E-state index >= 15 is 0 Å². The lowest BCUT2D eigenvalue weighted by atomic mass is 9.39. The molecule has 0 bridgehead atoms. The fourth-order valence-corrected chi connectivity index (χ4v) is 7.11. The molecule has 8 aromatic rings. The van der Waals surface area contributed by atoms with Crippen molar-refractivity contribution in [3.8, 4) is 39.3 Å². The summed E-state index contributed by atoms with van der Waals surface area (Å²) in [6, 6.07) is 59.0. The van der Waals surface area contributed by atoms with Gasteiger partial charge < -0.3 is 4.57 Å². The Morgan fingerprint density at radius 3 is 1.73 bits per heavy atom. The minimum absolute atomic E-state index is 0.190. The highest BCUT2D eigenvalue weighted by atomic mass is 15.0. The molecular weight excluding hydrogens is 531 g/mol. The standard InChI is InChI=1S/C41H27BN2/c1-4-14-28(15-5-1)38-24-31(25-39(43-38)29-16-6-2-7-17-29)44-40-23-13-11-21-33(40)35-26-34-32-20-10-12-22-36(32)42(37(34)27-41(35)44)30-18-8-3-9-19-30/h1-27H. The second kappa shape index (κ2) is 9.96. The van der Waals surface area contributed by atoms with Crippen LogP contribution in [0.2, 0.25) is 0 Å². The number of benzene rings is 6. The van der Waals surface area contributed by atoms with Gasteiger partial charge in [0.25, 0.3) is 0 Å². The van der Waals surface area contributed by atoms with Crippen LogP contribution in [0.3, 0.4) is 0 Å². The van der Waals surface area contributed by atoms with E-state index in [1.807, 2.05) is 0 Å². The zero-order valence-electron chi connectivity index (χ0n) is 24.1. The molecular formula is C41H27BN2. The van der Waals surface area contributed by atoms with Crippen LogP contribution in [0.25, 0.3) is 61.1 Å². The molecule has 3 heterocycles. The van der Waals surface area contributed by atoms with Crippen LogP contribution < -0.4 is 16.4 Å². The number of pyridine rings is 1. The van der Waals surface area contributed by atoms with Gasteiger partial charge in [-0.05, 0) is 41.5 Å². The Bertz CT molecular complexity index is 2270. The van der Waals surface area contributed by atoms with Crippen molar-refractivity contribution < 1.29 is 0 Å². The van der Waals surface area contributed by atoms with Gasteiger partial charge in [0.2, 0.25) is 6.71 Å². The molecule has 3 heteroatoms. The Morgan fingerprint density at radius 2 is 1.02 bits per heavy atom.